The molecule has 0 aliphatic carbocycles. The quantitative estimate of drug-likeness (QED) is 0.888. The molecule has 2 aromatic rings. The summed E-state index contributed by atoms with van der Waals surface area (Å²) in [5, 5.41) is 17.5. The molecule has 2 N–H and O–H groups in total. The average Bonchev–Trinajstić information content (AvgIpc) is 3.01. The Morgan fingerprint density at radius 3 is 2.73 bits per heavy atom. The number of amides is 1. The Morgan fingerprint density at radius 1 is 1.36 bits per heavy atom. The highest BCUT2D eigenvalue weighted by Crippen LogP contribution is 2.36. The van der Waals surface area contributed by atoms with Crippen molar-refractivity contribution in [1.29, 1.82) is 0 Å². The van der Waals surface area contributed by atoms with Gasteiger partial charge in [-0.05, 0) is 32.9 Å². The van der Waals surface area contributed by atoms with Crippen molar-refractivity contribution in [3.05, 3.63) is 35.2 Å². The first-order valence-corrected chi connectivity index (χ1v) is 8.17. The molecule has 0 bridgehead atoms. The first-order chi connectivity index (χ1) is 10.3. The Hall–Kier alpha value is -2.02. The highest BCUT2D eigenvalue weighted by atomic mass is 32.2. The standard InChI is InChI=1S/C15H18N4O2S/c1-15(2,3)17-13(20)9-4-5-12(16-6-9)19-14(21)10-7-22-8-11(10)18-19/h4-6,21H,7-8H2,1-3H3,(H,17,20). The zero-order valence-corrected chi connectivity index (χ0v) is 13.6. The third kappa shape index (κ3) is 2.81. The van der Waals surface area contributed by atoms with Crippen molar-refractivity contribution in [2.24, 2.45) is 0 Å². The molecule has 0 unspecified atom stereocenters. The molecule has 0 saturated carbocycles. The van der Waals surface area contributed by atoms with Crippen LogP contribution in [-0.4, -0.2) is 31.3 Å². The van der Waals surface area contributed by atoms with E-state index in [-0.39, 0.29) is 17.3 Å². The monoisotopic (exact) mass is 318 g/mol. The van der Waals surface area contributed by atoms with Crippen LogP contribution in [0.2, 0.25) is 0 Å². The SMILES string of the molecule is CC(C)(C)NC(=O)c1ccc(-n2nc3c(c2O)CSC3)nc1. The molecular weight excluding hydrogens is 300 g/mol. The summed E-state index contributed by atoms with van der Waals surface area (Å²) in [5.41, 5.74) is 1.96. The molecule has 0 saturated heterocycles. The molecule has 22 heavy (non-hydrogen) atoms. The second kappa shape index (κ2) is 5.31. The first-order valence-electron chi connectivity index (χ1n) is 7.01. The van der Waals surface area contributed by atoms with Crippen LogP contribution in [0.5, 0.6) is 5.88 Å². The maximum Gasteiger partial charge on any atom is 0.253 e. The van der Waals surface area contributed by atoms with Crippen LogP contribution in [0.4, 0.5) is 0 Å². The van der Waals surface area contributed by atoms with Gasteiger partial charge in [-0.3, -0.25) is 4.79 Å². The number of thioether (sulfide) groups is 1. The van der Waals surface area contributed by atoms with Crippen LogP contribution in [0.15, 0.2) is 18.3 Å². The Balaban J connectivity index is 1.84. The molecule has 0 spiro atoms. The fourth-order valence-electron chi connectivity index (χ4n) is 2.22. The predicted molar refractivity (Wildman–Crippen MR) is 85.2 cm³/mol. The fourth-order valence-corrected chi connectivity index (χ4v) is 3.24. The number of fused-ring (bicyclic) bond motifs is 1. The highest BCUT2D eigenvalue weighted by Gasteiger charge is 2.23. The van der Waals surface area contributed by atoms with Crippen molar-refractivity contribution in [1.82, 2.24) is 20.1 Å². The molecular formula is C15H18N4O2S. The minimum absolute atomic E-state index is 0.138. The van der Waals surface area contributed by atoms with Crippen molar-refractivity contribution in [3.8, 4) is 11.7 Å². The van der Waals surface area contributed by atoms with Gasteiger partial charge in [-0.25, -0.2) is 4.98 Å². The minimum atomic E-state index is -0.297. The molecule has 0 atom stereocenters. The molecule has 3 heterocycles. The number of hydrogen-bond acceptors (Lipinski definition) is 5. The lowest BCUT2D eigenvalue weighted by molar-refractivity contribution is 0.0919. The molecule has 2 aromatic heterocycles. The number of rotatable bonds is 2. The molecule has 1 aliphatic rings. The molecule has 0 radical (unpaired) electrons. The number of aromatic hydroxyl groups is 1. The maximum absolute atomic E-state index is 12.1. The number of aromatic nitrogens is 3. The summed E-state index contributed by atoms with van der Waals surface area (Å²) >= 11 is 1.73. The minimum Gasteiger partial charge on any atom is -0.493 e. The summed E-state index contributed by atoms with van der Waals surface area (Å²) in [6.07, 6.45) is 1.50. The lowest BCUT2D eigenvalue weighted by Crippen LogP contribution is -2.40. The third-order valence-corrected chi connectivity index (χ3v) is 4.21. The second-order valence-corrected chi connectivity index (χ2v) is 7.25. The van der Waals surface area contributed by atoms with Crippen molar-refractivity contribution in [2.75, 3.05) is 0 Å². The first kappa shape index (κ1) is 14.9. The lowest BCUT2D eigenvalue weighted by Gasteiger charge is -2.20. The van der Waals surface area contributed by atoms with Crippen LogP contribution < -0.4 is 5.32 Å². The zero-order valence-electron chi connectivity index (χ0n) is 12.8. The van der Waals surface area contributed by atoms with Gasteiger partial charge in [0, 0.05) is 28.8 Å². The van der Waals surface area contributed by atoms with Gasteiger partial charge in [0.2, 0.25) is 5.88 Å². The van der Waals surface area contributed by atoms with Gasteiger partial charge in [-0.2, -0.15) is 21.5 Å². The summed E-state index contributed by atoms with van der Waals surface area (Å²) in [6, 6.07) is 3.37. The molecule has 7 heteroatoms. The van der Waals surface area contributed by atoms with Gasteiger partial charge in [0.05, 0.1) is 11.3 Å². The van der Waals surface area contributed by atoms with E-state index in [1.807, 2.05) is 20.8 Å². The Labute approximate surface area is 132 Å². The van der Waals surface area contributed by atoms with Crippen molar-refractivity contribution >= 4 is 17.7 Å². The number of hydrogen-bond donors (Lipinski definition) is 2. The lowest BCUT2D eigenvalue weighted by atomic mass is 10.1. The van der Waals surface area contributed by atoms with E-state index in [1.165, 1.54) is 10.9 Å². The van der Waals surface area contributed by atoms with Crippen molar-refractivity contribution < 1.29 is 9.90 Å². The Morgan fingerprint density at radius 2 is 2.14 bits per heavy atom. The van der Waals surface area contributed by atoms with E-state index in [2.05, 4.69) is 15.4 Å². The van der Waals surface area contributed by atoms with Crippen LogP contribution in [0.25, 0.3) is 5.82 Å². The van der Waals surface area contributed by atoms with E-state index in [0.717, 1.165) is 22.8 Å². The predicted octanol–water partition coefficient (Wildman–Crippen LogP) is 2.25. The topological polar surface area (TPSA) is 80.0 Å². The smallest absolute Gasteiger partial charge is 0.253 e. The number of carbonyl (C=O) groups excluding carboxylic acids is 1. The Bertz CT molecular complexity index is 716. The normalized spacial score (nSPS) is 14.0. The van der Waals surface area contributed by atoms with Crippen LogP contribution in [0.3, 0.4) is 0 Å². The van der Waals surface area contributed by atoms with Gasteiger partial charge in [0.1, 0.15) is 0 Å². The summed E-state index contributed by atoms with van der Waals surface area (Å²) in [7, 11) is 0. The van der Waals surface area contributed by atoms with Gasteiger partial charge < -0.3 is 10.4 Å². The molecule has 3 rings (SSSR count). The van der Waals surface area contributed by atoms with Crippen LogP contribution in [0, 0.1) is 0 Å². The molecule has 0 fully saturated rings. The number of nitrogens with one attached hydrogen (secondary N) is 1. The van der Waals surface area contributed by atoms with Gasteiger partial charge >= 0.3 is 0 Å². The van der Waals surface area contributed by atoms with Crippen LogP contribution in [0.1, 0.15) is 42.4 Å². The Kier molecular flexibility index (Phi) is 3.60. The largest absolute Gasteiger partial charge is 0.493 e. The molecule has 116 valence electrons. The zero-order chi connectivity index (χ0) is 15.9. The molecule has 6 nitrogen and oxygen atoms in total. The molecule has 1 amide bonds. The third-order valence-electron chi connectivity index (χ3n) is 3.24. The summed E-state index contributed by atoms with van der Waals surface area (Å²) in [4.78, 5) is 16.3. The van der Waals surface area contributed by atoms with E-state index in [9.17, 15) is 9.90 Å². The van der Waals surface area contributed by atoms with Gasteiger partial charge in [0.15, 0.2) is 5.82 Å². The summed E-state index contributed by atoms with van der Waals surface area (Å²) < 4.78 is 1.43. The van der Waals surface area contributed by atoms with Crippen molar-refractivity contribution in [2.45, 2.75) is 37.8 Å². The summed E-state index contributed by atoms with van der Waals surface area (Å²) in [5.74, 6) is 2.05. The van der Waals surface area contributed by atoms with E-state index < -0.39 is 0 Å². The summed E-state index contributed by atoms with van der Waals surface area (Å²) in [6.45, 7) is 5.77. The van der Waals surface area contributed by atoms with E-state index >= 15 is 0 Å². The van der Waals surface area contributed by atoms with Crippen LogP contribution >= 0.6 is 11.8 Å². The van der Waals surface area contributed by atoms with E-state index in [4.69, 9.17) is 0 Å². The van der Waals surface area contributed by atoms with Crippen LogP contribution in [-0.2, 0) is 11.5 Å². The van der Waals surface area contributed by atoms with Gasteiger partial charge in [0.25, 0.3) is 5.91 Å². The van der Waals surface area contributed by atoms with Gasteiger partial charge in [-0.15, -0.1) is 0 Å². The molecule has 0 aromatic carbocycles. The number of carbonyl (C=O) groups is 1. The fraction of sp³-hybridized carbons (Fsp3) is 0.400. The molecule has 1 aliphatic heterocycles. The van der Waals surface area contributed by atoms with E-state index in [0.29, 0.717) is 11.4 Å². The highest BCUT2D eigenvalue weighted by molar-refractivity contribution is 7.98. The average molecular weight is 318 g/mol. The van der Waals surface area contributed by atoms with Gasteiger partial charge in [-0.1, -0.05) is 0 Å². The second-order valence-electron chi connectivity index (χ2n) is 6.26. The van der Waals surface area contributed by atoms with Crippen molar-refractivity contribution in [3.63, 3.8) is 0 Å². The maximum atomic E-state index is 12.1. The number of nitrogens with zero attached hydrogens (tertiary/aromatic N) is 3. The van der Waals surface area contributed by atoms with E-state index in [1.54, 1.807) is 23.9 Å². The number of pyridine rings is 1.